The van der Waals surface area contributed by atoms with Gasteiger partial charge in [-0.2, -0.15) is 5.10 Å². The minimum atomic E-state index is -0.697. The fourth-order valence-electron chi connectivity index (χ4n) is 0.884. The number of halogens is 2. The maximum absolute atomic E-state index is 10.7. The van der Waals surface area contributed by atoms with Crippen molar-refractivity contribution in [1.29, 1.82) is 0 Å². The summed E-state index contributed by atoms with van der Waals surface area (Å²) in [4.78, 5) is 10.7. The largest absolute Gasteiger partial charge is 0.506 e. The van der Waals surface area contributed by atoms with Gasteiger partial charge >= 0.3 is 6.09 Å². The molecule has 16 heavy (non-hydrogen) atoms. The first kappa shape index (κ1) is 12.8. The molecule has 86 valence electrons. The molecular formula is C9H8BrClN2O3. The highest BCUT2D eigenvalue weighted by molar-refractivity contribution is 9.10. The second kappa shape index (κ2) is 5.72. The van der Waals surface area contributed by atoms with E-state index in [0.717, 1.165) is 0 Å². The monoisotopic (exact) mass is 306 g/mol. The molecular weight excluding hydrogens is 299 g/mol. The topological polar surface area (TPSA) is 70.9 Å². The standard InChI is InChI=1S/C9H8BrClN2O3/c1-16-9(15)13-12-4-5-2-6(11)3-7(10)8(5)14/h2-4,14H,1H3,(H,13,15). The number of carbonyl (C=O) groups excluding carboxylic acids is 1. The van der Waals surface area contributed by atoms with Crippen molar-refractivity contribution in [3.8, 4) is 5.75 Å². The second-order valence-corrected chi connectivity index (χ2v) is 3.98. The van der Waals surface area contributed by atoms with Crippen molar-refractivity contribution in [2.24, 2.45) is 5.10 Å². The average Bonchev–Trinajstić information content (AvgIpc) is 2.24. The lowest BCUT2D eigenvalue weighted by atomic mass is 10.2. The van der Waals surface area contributed by atoms with E-state index in [1.807, 2.05) is 0 Å². The zero-order valence-electron chi connectivity index (χ0n) is 8.20. The molecule has 0 heterocycles. The van der Waals surface area contributed by atoms with Crippen molar-refractivity contribution >= 4 is 39.8 Å². The van der Waals surface area contributed by atoms with Crippen molar-refractivity contribution in [3.63, 3.8) is 0 Å². The minimum Gasteiger partial charge on any atom is -0.506 e. The van der Waals surface area contributed by atoms with Crippen LogP contribution in [0, 0.1) is 0 Å². The molecule has 5 nitrogen and oxygen atoms in total. The molecule has 7 heteroatoms. The second-order valence-electron chi connectivity index (χ2n) is 2.69. The van der Waals surface area contributed by atoms with Crippen molar-refractivity contribution in [1.82, 2.24) is 5.43 Å². The highest BCUT2D eigenvalue weighted by atomic mass is 79.9. The summed E-state index contributed by atoms with van der Waals surface area (Å²) in [6, 6.07) is 3.05. The normalized spacial score (nSPS) is 10.4. The Morgan fingerprint density at radius 2 is 2.38 bits per heavy atom. The lowest BCUT2D eigenvalue weighted by Crippen LogP contribution is -2.16. The lowest BCUT2D eigenvalue weighted by molar-refractivity contribution is 0.171. The number of carbonyl (C=O) groups is 1. The number of hydrogen-bond acceptors (Lipinski definition) is 4. The van der Waals surface area contributed by atoms with Gasteiger partial charge in [0.1, 0.15) is 5.75 Å². The first-order valence-corrected chi connectivity index (χ1v) is 5.26. The maximum atomic E-state index is 10.7. The number of nitrogens with one attached hydrogen (secondary N) is 1. The van der Waals surface area contributed by atoms with E-state index in [2.05, 4.69) is 31.2 Å². The summed E-state index contributed by atoms with van der Waals surface area (Å²) in [5, 5.41) is 13.6. The predicted octanol–water partition coefficient (Wildman–Crippen LogP) is 2.50. The van der Waals surface area contributed by atoms with E-state index in [4.69, 9.17) is 11.6 Å². The summed E-state index contributed by atoms with van der Waals surface area (Å²) in [5.41, 5.74) is 2.46. The summed E-state index contributed by atoms with van der Waals surface area (Å²) in [7, 11) is 1.22. The third-order valence-corrected chi connectivity index (χ3v) is 2.43. The van der Waals surface area contributed by atoms with Crippen molar-refractivity contribution < 1.29 is 14.6 Å². The molecule has 1 rings (SSSR count). The van der Waals surface area contributed by atoms with Crippen LogP contribution in [-0.4, -0.2) is 24.5 Å². The van der Waals surface area contributed by atoms with Gasteiger partial charge in [-0.3, -0.25) is 0 Å². The number of phenols is 1. The van der Waals surface area contributed by atoms with Gasteiger partial charge in [0.05, 0.1) is 17.8 Å². The van der Waals surface area contributed by atoms with Crippen LogP contribution in [0.1, 0.15) is 5.56 Å². The predicted molar refractivity (Wildman–Crippen MR) is 64.0 cm³/mol. The zero-order chi connectivity index (χ0) is 12.1. The molecule has 0 aliphatic heterocycles. The third kappa shape index (κ3) is 3.39. The number of methoxy groups -OCH3 is 1. The van der Waals surface area contributed by atoms with Gasteiger partial charge in [-0.05, 0) is 28.1 Å². The molecule has 0 aromatic heterocycles. The average molecular weight is 308 g/mol. The first-order chi connectivity index (χ1) is 7.54. The van der Waals surface area contributed by atoms with Crippen LogP contribution >= 0.6 is 27.5 Å². The fraction of sp³-hybridized carbons (Fsp3) is 0.111. The molecule has 0 saturated carbocycles. The van der Waals surface area contributed by atoms with Crippen LogP contribution in [0.25, 0.3) is 0 Å². The van der Waals surface area contributed by atoms with Gasteiger partial charge in [0.2, 0.25) is 0 Å². The van der Waals surface area contributed by atoms with Crippen LogP contribution in [0.3, 0.4) is 0 Å². The van der Waals surface area contributed by atoms with Crippen molar-refractivity contribution in [3.05, 3.63) is 27.2 Å². The Labute approximate surface area is 105 Å². The Bertz CT molecular complexity index is 437. The van der Waals surface area contributed by atoms with E-state index in [0.29, 0.717) is 15.1 Å². The van der Waals surface area contributed by atoms with E-state index in [-0.39, 0.29) is 5.75 Å². The number of nitrogens with zero attached hydrogens (tertiary/aromatic N) is 1. The Morgan fingerprint density at radius 1 is 1.69 bits per heavy atom. The molecule has 0 unspecified atom stereocenters. The molecule has 1 aromatic carbocycles. The zero-order valence-corrected chi connectivity index (χ0v) is 10.5. The van der Waals surface area contributed by atoms with Crippen LogP contribution in [0.15, 0.2) is 21.7 Å². The highest BCUT2D eigenvalue weighted by Crippen LogP contribution is 2.30. The quantitative estimate of drug-likeness (QED) is 0.651. The Balaban J connectivity index is 2.85. The van der Waals surface area contributed by atoms with E-state index in [1.165, 1.54) is 19.4 Å². The van der Waals surface area contributed by atoms with Crippen molar-refractivity contribution in [2.75, 3.05) is 7.11 Å². The molecule has 0 aliphatic carbocycles. The number of phenolic OH excluding ortho intramolecular Hbond substituents is 1. The molecule has 1 aromatic rings. The van der Waals surface area contributed by atoms with Crippen LogP contribution < -0.4 is 5.43 Å². The Morgan fingerprint density at radius 3 is 3.00 bits per heavy atom. The van der Waals surface area contributed by atoms with Gasteiger partial charge in [-0.25, -0.2) is 10.2 Å². The molecule has 1 amide bonds. The van der Waals surface area contributed by atoms with E-state index in [9.17, 15) is 9.90 Å². The van der Waals surface area contributed by atoms with Crippen LogP contribution in [0.5, 0.6) is 5.75 Å². The van der Waals surface area contributed by atoms with Crippen LogP contribution in [0.2, 0.25) is 5.02 Å². The van der Waals surface area contributed by atoms with E-state index < -0.39 is 6.09 Å². The number of ether oxygens (including phenoxy) is 1. The van der Waals surface area contributed by atoms with Gasteiger partial charge in [0.25, 0.3) is 0 Å². The summed E-state index contributed by atoms with van der Waals surface area (Å²) in [6.45, 7) is 0. The van der Waals surface area contributed by atoms with Gasteiger partial charge in [0.15, 0.2) is 0 Å². The molecule has 0 aliphatic rings. The number of hydrazone groups is 1. The van der Waals surface area contributed by atoms with E-state index >= 15 is 0 Å². The summed E-state index contributed by atoms with van der Waals surface area (Å²) in [5.74, 6) is -0.0141. The van der Waals surface area contributed by atoms with Gasteiger partial charge in [-0.1, -0.05) is 11.6 Å². The molecule has 0 spiro atoms. The van der Waals surface area contributed by atoms with Gasteiger partial charge in [0, 0.05) is 10.6 Å². The molecule has 0 saturated heterocycles. The Hall–Kier alpha value is -1.27. The van der Waals surface area contributed by atoms with Crippen LogP contribution in [-0.2, 0) is 4.74 Å². The smallest absolute Gasteiger partial charge is 0.427 e. The SMILES string of the molecule is COC(=O)NN=Cc1cc(Cl)cc(Br)c1O. The Kier molecular flexibility index (Phi) is 4.57. The number of amides is 1. The van der Waals surface area contributed by atoms with Crippen molar-refractivity contribution in [2.45, 2.75) is 0 Å². The molecule has 0 fully saturated rings. The fourth-order valence-corrected chi connectivity index (χ4v) is 1.72. The third-order valence-electron chi connectivity index (χ3n) is 1.60. The summed E-state index contributed by atoms with van der Waals surface area (Å²) >= 11 is 8.90. The number of aromatic hydroxyl groups is 1. The van der Waals surface area contributed by atoms with Gasteiger partial charge < -0.3 is 9.84 Å². The number of benzene rings is 1. The maximum Gasteiger partial charge on any atom is 0.427 e. The number of hydrogen-bond donors (Lipinski definition) is 2. The molecule has 0 atom stereocenters. The van der Waals surface area contributed by atoms with Crippen LogP contribution in [0.4, 0.5) is 4.79 Å². The highest BCUT2D eigenvalue weighted by Gasteiger charge is 2.05. The lowest BCUT2D eigenvalue weighted by Gasteiger charge is -2.02. The number of rotatable bonds is 2. The minimum absolute atomic E-state index is 0.0141. The van der Waals surface area contributed by atoms with Gasteiger partial charge in [-0.15, -0.1) is 0 Å². The summed E-state index contributed by atoms with van der Waals surface area (Å²) < 4.78 is 4.75. The molecule has 0 radical (unpaired) electrons. The first-order valence-electron chi connectivity index (χ1n) is 4.09. The summed E-state index contributed by atoms with van der Waals surface area (Å²) in [6.07, 6.45) is 0.555. The molecule has 0 bridgehead atoms. The van der Waals surface area contributed by atoms with E-state index in [1.54, 1.807) is 6.07 Å². The molecule has 2 N–H and O–H groups in total.